The largest absolute Gasteiger partial charge is 0.335 e. The van der Waals surface area contributed by atoms with E-state index in [2.05, 4.69) is 51.2 Å². The zero-order valence-electron chi connectivity index (χ0n) is 19.6. The maximum atomic E-state index is 12.6. The molecule has 7 nitrogen and oxygen atoms in total. The van der Waals surface area contributed by atoms with E-state index in [9.17, 15) is 9.59 Å². The summed E-state index contributed by atoms with van der Waals surface area (Å²) < 4.78 is 0. The molecule has 0 aromatic heterocycles. The molecule has 3 amide bonds. The summed E-state index contributed by atoms with van der Waals surface area (Å²) in [6.07, 6.45) is 4.43. The highest BCUT2D eigenvalue weighted by Gasteiger charge is 2.40. The van der Waals surface area contributed by atoms with Crippen LogP contribution in [0.4, 0.5) is 10.5 Å². The highest BCUT2D eigenvalue weighted by Crippen LogP contribution is 2.36. The van der Waals surface area contributed by atoms with Crippen molar-refractivity contribution in [2.45, 2.75) is 56.9 Å². The predicted molar refractivity (Wildman–Crippen MR) is 131 cm³/mol. The number of fused-ring (bicyclic) bond motifs is 2. The van der Waals surface area contributed by atoms with Crippen LogP contribution >= 0.6 is 0 Å². The molecule has 2 bridgehead atoms. The minimum absolute atomic E-state index is 0.0592. The van der Waals surface area contributed by atoms with Crippen LogP contribution in [0.5, 0.6) is 0 Å². The van der Waals surface area contributed by atoms with Gasteiger partial charge in [0.1, 0.15) is 0 Å². The van der Waals surface area contributed by atoms with Gasteiger partial charge in [0.15, 0.2) is 0 Å². The Kier molecular flexibility index (Phi) is 7.62. The highest BCUT2D eigenvalue weighted by atomic mass is 16.2. The van der Waals surface area contributed by atoms with Gasteiger partial charge in [-0.15, -0.1) is 0 Å². The molecule has 2 aliphatic rings. The van der Waals surface area contributed by atoms with Gasteiger partial charge in [-0.25, -0.2) is 4.79 Å². The van der Waals surface area contributed by atoms with E-state index in [0.717, 1.165) is 30.6 Å². The molecule has 2 fully saturated rings. The first-order chi connectivity index (χ1) is 16.0. The third-order valence-electron chi connectivity index (χ3n) is 6.55. The Labute approximate surface area is 196 Å². The molecular weight excluding hydrogens is 414 g/mol. The number of nitrogens with zero attached hydrogens (tertiary/aromatic N) is 2. The second-order valence-corrected chi connectivity index (χ2v) is 9.52. The molecule has 2 aromatic carbocycles. The maximum Gasteiger partial charge on any atom is 0.315 e. The lowest BCUT2D eigenvalue weighted by molar-refractivity contribution is -0.116. The molecule has 2 unspecified atom stereocenters. The van der Waals surface area contributed by atoms with Gasteiger partial charge in [0.2, 0.25) is 5.91 Å². The number of hydrogen-bond acceptors (Lipinski definition) is 4. The summed E-state index contributed by atoms with van der Waals surface area (Å²) in [5.41, 5.74) is 3.05. The molecule has 0 saturated carbocycles. The first kappa shape index (κ1) is 23.3. The molecule has 176 valence electrons. The first-order valence-corrected chi connectivity index (χ1v) is 11.8. The Morgan fingerprint density at radius 2 is 1.67 bits per heavy atom. The Bertz CT molecular complexity index is 935. The number of carbonyl (C=O) groups is 2. The van der Waals surface area contributed by atoms with Crippen molar-refractivity contribution in [1.29, 1.82) is 0 Å². The summed E-state index contributed by atoms with van der Waals surface area (Å²) >= 11 is 0. The summed E-state index contributed by atoms with van der Waals surface area (Å²) in [6.45, 7) is 1.75. The predicted octanol–water partition coefficient (Wildman–Crippen LogP) is 3.18. The standard InChI is InChI=1S/C26H35N5O2/c1-30(2)18-25(32)28-21-10-6-9-20(13-21)16-27-26(33)29-22-14-23-11-12-24(15-22)31(23)17-19-7-4-3-5-8-19/h3-10,13,22-24H,11-12,14-18H2,1-2H3,(H,28,32)(H2,27,29,33). The van der Waals surface area contributed by atoms with E-state index in [1.54, 1.807) is 0 Å². The van der Waals surface area contributed by atoms with Crippen LogP contribution in [0.1, 0.15) is 36.8 Å². The summed E-state index contributed by atoms with van der Waals surface area (Å²) in [5.74, 6) is -0.0592. The van der Waals surface area contributed by atoms with Crippen LogP contribution in [0.2, 0.25) is 0 Å². The number of likely N-dealkylation sites (N-methyl/N-ethyl adjacent to an activating group) is 1. The average Bonchev–Trinajstić information content (AvgIpc) is 3.00. The Morgan fingerprint density at radius 3 is 2.36 bits per heavy atom. The molecular formula is C26H35N5O2. The van der Waals surface area contributed by atoms with E-state index in [1.807, 2.05) is 43.3 Å². The fourth-order valence-electron chi connectivity index (χ4n) is 5.11. The van der Waals surface area contributed by atoms with Gasteiger partial charge in [-0.2, -0.15) is 0 Å². The lowest BCUT2D eigenvalue weighted by Crippen LogP contribution is -2.51. The number of urea groups is 1. The molecule has 2 aliphatic heterocycles. The third kappa shape index (κ3) is 6.55. The molecule has 2 atom stereocenters. The number of hydrogen-bond donors (Lipinski definition) is 3. The van der Waals surface area contributed by atoms with Crippen LogP contribution in [0.15, 0.2) is 54.6 Å². The first-order valence-electron chi connectivity index (χ1n) is 11.8. The van der Waals surface area contributed by atoms with Crippen molar-refractivity contribution in [3.63, 3.8) is 0 Å². The second kappa shape index (κ2) is 10.8. The molecule has 33 heavy (non-hydrogen) atoms. The van der Waals surface area contributed by atoms with E-state index < -0.39 is 0 Å². The maximum absolute atomic E-state index is 12.6. The number of nitrogens with one attached hydrogen (secondary N) is 3. The number of anilines is 1. The molecule has 0 aliphatic carbocycles. The number of rotatable bonds is 8. The van der Waals surface area contributed by atoms with Gasteiger partial charge in [-0.05, 0) is 63.0 Å². The van der Waals surface area contributed by atoms with Crippen molar-refractivity contribution < 1.29 is 9.59 Å². The molecule has 2 heterocycles. The van der Waals surface area contributed by atoms with Crippen molar-refractivity contribution in [3.05, 3.63) is 65.7 Å². The summed E-state index contributed by atoms with van der Waals surface area (Å²) in [5, 5.41) is 9.06. The number of amides is 3. The van der Waals surface area contributed by atoms with Crippen LogP contribution < -0.4 is 16.0 Å². The van der Waals surface area contributed by atoms with Gasteiger partial charge in [-0.3, -0.25) is 9.69 Å². The van der Waals surface area contributed by atoms with E-state index in [1.165, 1.54) is 18.4 Å². The topological polar surface area (TPSA) is 76.7 Å². The van der Waals surface area contributed by atoms with Crippen LogP contribution in [-0.2, 0) is 17.9 Å². The van der Waals surface area contributed by atoms with E-state index in [4.69, 9.17) is 0 Å². The Morgan fingerprint density at radius 1 is 0.970 bits per heavy atom. The second-order valence-electron chi connectivity index (χ2n) is 9.52. The number of benzene rings is 2. The van der Waals surface area contributed by atoms with Crippen molar-refractivity contribution in [2.24, 2.45) is 0 Å². The Balaban J connectivity index is 1.23. The van der Waals surface area contributed by atoms with Crippen LogP contribution in [0.25, 0.3) is 0 Å². The van der Waals surface area contributed by atoms with Gasteiger partial charge >= 0.3 is 6.03 Å². The number of carbonyl (C=O) groups excluding carboxylic acids is 2. The monoisotopic (exact) mass is 449 g/mol. The molecule has 0 radical (unpaired) electrons. The van der Waals surface area contributed by atoms with Crippen LogP contribution in [0, 0.1) is 0 Å². The zero-order chi connectivity index (χ0) is 23.2. The lowest BCUT2D eigenvalue weighted by atomic mass is 9.96. The van der Waals surface area contributed by atoms with Gasteiger partial charge in [-0.1, -0.05) is 42.5 Å². The lowest BCUT2D eigenvalue weighted by Gasteiger charge is -2.39. The van der Waals surface area contributed by atoms with Crippen molar-refractivity contribution in [1.82, 2.24) is 20.4 Å². The van der Waals surface area contributed by atoms with Crippen molar-refractivity contribution >= 4 is 17.6 Å². The summed E-state index contributed by atoms with van der Waals surface area (Å²) in [4.78, 5) is 29.0. The van der Waals surface area contributed by atoms with Crippen molar-refractivity contribution in [3.8, 4) is 0 Å². The Hall–Kier alpha value is -2.90. The summed E-state index contributed by atoms with van der Waals surface area (Å²) in [6, 6.07) is 19.4. The SMILES string of the molecule is CN(C)CC(=O)Nc1cccc(CNC(=O)NC2CC3CCC(C2)N3Cc2ccccc2)c1. The van der Waals surface area contributed by atoms with Crippen molar-refractivity contribution in [2.75, 3.05) is 26.0 Å². The molecule has 4 rings (SSSR count). The molecule has 0 spiro atoms. The van der Waals surface area contributed by atoms with Gasteiger partial charge in [0, 0.05) is 36.9 Å². The minimum Gasteiger partial charge on any atom is -0.335 e. The highest BCUT2D eigenvalue weighted by molar-refractivity contribution is 5.92. The average molecular weight is 450 g/mol. The molecule has 2 saturated heterocycles. The van der Waals surface area contributed by atoms with Crippen LogP contribution in [-0.4, -0.2) is 60.5 Å². The molecule has 3 N–H and O–H groups in total. The fourth-order valence-corrected chi connectivity index (χ4v) is 5.11. The van der Waals surface area contributed by atoms with E-state index in [0.29, 0.717) is 25.2 Å². The zero-order valence-corrected chi connectivity index (χ0v) is 19.6. The van der Waals surface area contributed by atoms with Gasteiger partial charge in [0.05, 0.1) is 6.54 Å². The number of piperidine rings is 1. The van der Waals surface area contributed by atoms with Crippen LogP contribution in [0.3, 0.4) is 0 Å². The van der Waals surface area contributed by atoms with Gasteiger partial charge in [0.25, 0.3) is 0 Å². The molecule has 2 aromatic rings. The third-order valence-corrected chi connectivity index (χ3v) is 6.55. The van der Waals surface area contributed by atoms with Gasteiger partial charge < -0.3 is 20.9 Å². The minimum atomic E-state index is -0.127. The normalized spacial score (nSPS) is 22.2. The quantitative estimate of drug-likeness (QED) is 0.579. The van der Waals surface area contributed by atoms with E-state index >= 15 is 0 Å². The smallest absolute Gasteiger partial charge is 0.315 e. The summed E-state index contributed by atoms with van der Waals surface area (Å²) in [7, 11) is 3.72. The molecule has 7 heteroatoms. The van der Waals surface area contributed by atoms with E-state index in [-0.39, 0.29) is 18.0 Å². The fraction of sp³-hybridized carbons (Fsp3) is 0.462.